The third-order valence-corrected chi connectivity index (χ3v) is 3.86. The van der Waals surface area contributed by atoms with Gasteiger partial charge in [0.1, 0.15) is 11.5 Å². The SMILES string of the molecule is CCOC(C1CC1)C(NC)c1ccc(OC)cc1OC. The molecule has 0 aliphatic heterocycles. The predicted molar refractivity (Wildman–Crippen MR) is 79.5 cm³/mol. The van der Waals surface area contributed by atoms with E-state index < -0.39 is 0 Å². The number of hydrogen-bond acceptors (Lipinski definition) is 4. The number of nitrogens with one attached hydrogen (secondary N) is 1. The summed E-state index contributed by atoms with van der Waals surface area (Å²) in [6.45, 7) is 2.78. The summed E-state index contributed by atoms with van der Waals surface area (Å²) in [6, 6.07) is 6.10. The lowest BCUT2D eigenvalue weighted by atomic mass is 9.97. The number of rotatable bonds is 8. The van der Waals surface area contributed by atoms with Gasteiger partial charge in [-0.15, -0.1) is 0 Å². The van der Waals surface area contributed by atoms with Gasteiger partial charge in [0, 0.05) is 18.2 Å². The van der Waals surface area contributed by atoms with Crippen molar-refractivity contribution >= 4 is 0 Å². The van der Waals surface area contributed by atoms with E-state index in [1.165, 1.54) is 12.8 Å². The molecular formula is C16H25NO3. The molecule has 20 heavy (non-hydrogen) atoms. The molecule has 0 amide bonds. The van der Waals surface area contributed by atoms with E-state index in [0.29, 0.717) is 5.92 Å². The number of likely N-dealkylation sites (N-methyl/N-ethyl adjacent to an activating group) is 1. The summed E-state index contributed by atoms with van der Waals surface area (Å²) in [4.78, 5) is 0. The van der Waals surface area contributed by atoms with Crippen LogP contribution in [-0.4, -0.2) is 34.0 Å². The van der Waals surface area contributed by atoms with Crippen LogP contribution in [0.4, 0.5) is 0 Å². The van der Waals surface area contributed by atoms with Crippen LogP contribution in [0.1, 0.15) is 31.4 Å². The summed E-state index contributed by atoms with van der Waals surface area (Å²) in [5, 5.41) is 3.39. The maximum Gasteiger partial charge on any atom is 0.127 e. The van der Waals surface area contributed by atoms with Crippen molar-refractivity contribution in [2.24, 2.45) is 5.92 Å². The maximum absolute atomic E-state index is 5.98. The van der Waals surface area contributed by atoms with Crippen molar-refractivity contribution in [2.75, 3.05) is 27.9 Å². The molecule has 2 atom stereocenters. The first kappa shape index (κ1) is 15.1. The Balaban J connectivity index is 2.29. The first-order chi connectivity index (χ1) is 9.74. The molecule has 4 heteroatoms. The van der Waals surface area contributed by atoms with Crippen LogP contribution < -0.4 is 14.8 Å². The molecule has 2 unspecified atom stereocenters. The molecule has 1 saturated carbocycles. The Morgan fingerprint density at radius 1 is 1.25 bits per heavy atom. The Bertz CT molecular complexity index is 432. The van der Waals surface area contributed by atoms with E-state index in [9.17, 15) is 0 Å². The van der Waals surface area contributed by atoms with Crippen molar-refractivity contribution in [3.63, 3.8) is 0 Å². The molecule has 4 nitrogen and oxygen atoms in total. The summed E-state index contributed by atoms with van der Waals surface area (Å²) < 4.78 is 16.8. The summed E-state index contributed by atoms with van der Waals surface area (Å²) in [7, 11) is 5.33. The van der Waals surface area contributed by atoms with Crippen LogP contribution in [0.3, 0.4) is 0 Å². The molecule has 1 aromatic carbocycles. The van der Waals surface area contributed by atoms with Crippen LogP contribution in [0, 0.1) is 5.92 Å². The van der Waals surface area contributed by atoms with Gasteiger partial charge in [-0.2, -0.15) is 0 Å². The topological polar surface area (TPSA) is 39.7 Å². The normalized spacial score (nSPS) is 17.6. The summed E-state index contributed by atoms with van der Waals surface area (Å²) in [5.41, 5.74) is 1.13. The Morgan fingerprint density at radius 2 is 2.00 bits per heavy atom. The fourth-order valence-corrected chi connectivity index (χ4v) is 2.69. The van der Waals surface area contributed by atoms with Gasteiger partial charge in [0.25, 0.3) is 0 Å². The van der Waals surface area contributed by atoms with Crippen LogP contribution in [0.25, 0.3) is 0 Å². The standard InChI is InChI=1S/C16H25NO3/c1-5-20-16(11-6-7-11)15(17-2)13-9-8-12(18-3)10-14(13)19-4/h8-11,15-17H,5-7H2,1-4H3. The average molecular weight is 279 g/mol. The van der Waals surface area contributed by atoms with E-state index >= 15 is 0 Å². The van der Waals surface area contributed by atoms with Gasteiger partial charge in [-0.05, 0) is 44.9 Å². The van der Waals surface area contributed by atoms with E-state index in [-0.39, 0.29) is 12.1 Å². The van der Waals surface area contributed by atoms with Gasteiger partial charge in [0.05, 0.1) is 26.4 Å². The zero-order valence-corrected chi connectivity index (χ0v) is 12.8. The number of methoxy groups -OCH3 is 2. The van der Waals surface area contributed by atoms with Crippen LogP contribution in [0.15, 0.2) is 18.2 Å². The fourth-order valence-electron chi connectivity index (χ4n) is 2.69. The minimum Gasteiger partial charge on any atom is -0.497 e. The molecule has 1 fully saturated rings. The van der Waals surface area contributed by atoms with Gasteiger partial charge in [-0.1, -0.05) is 0 Å². The van der Waals surface area contributed by atoms with Crippen LogP contribution >= 0.6 is 0 Å². The third-order valence-electron chi connectivity index (χ3n) is 3.86. The van der Waals surface area contributed by atoms with Crippen LogP contribution in [0.2, 0.25) is 0 Å². The summed E-state index contributed by atoms with van der Waals surface area (Å²) in [5.74, 6) is 2.30. The van der Waals surface area contributed by atoms with E-state index in [4.69, 9.17) is 14.2 Å². The lowest BCUT2D eigenvalue weighted by molar-refractivity contribution is 0.0199. The van der Waals surface area contributed by atoms with Gasteiger partial charge in [-0.3, -0.25) is 0 Å². The van der Waals surface area contributed by atoms with Crippen molar-refractivity contribution in [1.29, 1.82) is 0 Å². The van der Waals surface area contributed by atoms with Crippen LogP contribution in [0.5, 0.6) is 11.5 Å². The monoisotopic (exact) mass is 279 g/mol. The number of hydrogen-bond donors (Lipinski definition) is 1. The Kier molecular flexibility index (Phi) is 5.26. The quantitative estimate of drug-likeness (QED) is 0.794. The fraction of sp³-hybridized carbons (Fsp3) is 0.625. The zero-order valence-electron chi connectivity index (χ0n) is 12.8. The highest BCUT2D eigenvalue weighted by molar-refractivity contribution is 5.43. The second-order valence-electron chi connectivity index (χ2n) is 5.13. The Labute approximate surface area is 121 Å². The molecule has 112 valence electrons. The molecule has 0 heterocycles. The number of ether oxygens (including phenoxy) is 3. The minimum atomic E-state index is 0.142. The highest BCUT2D eigenvalue weighted by Gasteiger charge is 2.38. The second kappa shape index (κ2) is 6.95. The third kappa shape index (κ3) is 3.25. The zero-order chi connectivity index (χ0) is 14.5. The highest BCUT2D eigenvalue weighted by Crippen LogP contribution is 2.42. The van der Waals surface area contributed by atoms with E-state index in [2.05, 4.69) is 11.4 Å². The molecule has 1 aliphatic rings. The van der Waals surface area contributed by atoms with Crippen molar-refractivity contribution in [3.8, 4) is 11.5 Å². The first-order valence-electron chi connectivity index (χ1n) is 7.25. The average Bonchev–Trinajstić information content (AvgIpc) is 3.31. The maximum atomic E-state index is 5.98. The Hall–Kier alpha value is -1.26. The van der Waals surface area contributed by atoms with E-state index in [1.807, 2.05) is 26.1 Å². The molecular weight excluding hydrogens is 254 g/mol. The van der Waals surface area contributed by atoms with Crippen LogP contribution in [-0.2, 0) is 4.74 Å². The lowest BCUT2D eigenvalue weighted by Gasteiger charge is -2.28. The highest BCUT2D eigenvalue weighted by atomic mass is 16.5. The van der Waals surface area contributed by atoms with E-state index in [0.717, 1.165) is 23.7 Å². The smallest absolute Gasteiger partial charge is 0.127 e. The molecule has 0 radical (unpaired) electrons. The van der Waals surface area contributed by atoms with Gasteiger partial charge in [-0.25, -0.2) is 0 Å². The van der Waals surface area contributed by atoms with Gasteiger partial charge < -0.3 is 19.5 Å². The molecule has 0 bridgehead atoms. The molecule has 0 spiro atoms. The van der Waals surface area contributed by atoms with Gasteiger partial charge in [0.15, 0.2) is 0 Å². The van der Waals surface area contributed by atoms with Gasteiger partial charge >= 0.3 is 0 Å². The second-order valence-corrected chi connectivity index (χ2v) is 5.13. The molecule has 1 aliphatic carbocycles. The molecule has 2 rings (SSSR count). The molecule has 1 aromatic rings. The lowest BCUT2D eigenvalue weighted by Crippen LogP contribution is -2.33. The summed E-state index contributed by atoms with van der Waals surface area (Å²) >= 11 is 0. The van der Waals surface area contributed by atoms with Crippen molar-refractivity contribution in [3.05, 3.63) is 23.8 Å². The van der Waals surface area contributed by atoms with Gasteiger partial charge in [0.2, 0.25) is 0 Å². The van der Waals surface area contributed by atoms with Crippen molar-refractivity contribution in [1.82, 2.24) is 5.32 Å². The molecule has 0 saturated heterocycles. The summed E-state index contributed by atoms with van der Waals surface area (Å²) in [6.07, 6.45) is 2.70. The minimum absolute atomic E-state index is 0.142. The molecule has 1 N–H and O–H groups in total. The predicted octanol–water partition coefficient (Wildman–Crippen LogP) is 2.78. The van der Waals surface area contributed by atoms with E-state index in [1.54, 1.807) is 14.2 Å². The largest absolute Gasteiger partial charge is 0.497 e. The first-order valence-corrected chi connectivity index (χ1v) is 7.25. The number of benzene rings is 1. The Morgan fingerprint density at radius 3 is 2.50 bits per heavy atom. The van der Waals surface area contributed by atoms with Crippen molar-refractivity contribution < 1.29 is 14.2 Å². The molecule has 0 aromatic heterocycles. The van der Waals surface area contributed by atoms with Crippen molar-refractivity contribution in [2.45, 2.75) is 31.9 Å².